The molecule has 1 amide bonds. The van der Waals surface area contributed by atoms with Crippen LogP contribution in [-0.4, -0.2) is 61.7 Å². The fourth-order valence-electron chi connectivity index (χ4n) is 3.83. The summed E-state index contributed by atoms with van der Waals surface area (Å²) in [6, 6.07) is 3.61. The number of carbonyl (C=O) groups is 2. The summed E-state index contributed by atoms with van der Waals surface area (Å²) >= 11 is 0. The quantitative estimate of drug-likeness (QED) is 0.578. The summed E-state index contributed by atoms with van der Waals surface area (Å²) in [6.07, 6.45) is 4.21. The van der Waals surface area contributed by atoms with Crippen molar-refractivity contribution in [2.75, 3.05) is 13.6 Å². The summed E-state index contributed by atoms with van der Waals surface area (Å²) in [5, 5.41) is 17.6. The molecular formula is C24H33N5O5. The van der Waals surface area contributed by atoms with Crippen LogP contribution in [0.15, 0.2) is 23.8 Å². The third-order valence-electron chi connectivity index (χ3n) is 5.91. The van der Waals surface area contributed by atoms with Gasteiger partial charge in [-0.1, -0.05) is 16.9 Å². The fourth-order valence-corrected chi connectivity index (χ4v) is 3.83. The molecule has 0 aliphatic heterocycles. The first-order valence-electron chi connectivity index (χ1n) is 11.4. The number of likely N-dealkylation sites (N-methyl/N-ethyl adjacent to an activating group) is 1. The Hall–Kier alpha value is -3.43. The number of rotatable bonds is 8. The van der Waals surface area contributed by atoms with Crippen molar-refractivity contribution in [3.63, 3.8) is 0 Å². The Balaban J connectivity index is 1.69. The molecule has 0 radical (unpaired) electrons. The summed E-state index contributed by atoms with van der Waals surface area (Å²) in [7, 11) is 3.41. The topological polar surface area (TPSA) is 120 Å². The molecule has 2 aromatic heterocycles. The lowest BCUT2D eigenvalue weighted by molar-refractivity contribution is -0.143. The van der Waals surface area contributed by atoms with Crippen molar-refractivity contribution in [2.45, 2.75) is 59.2 Å². The first kappa shape index (κ1) is 25.2. The number of aromatic nitrogens is 4. The van der Waals surface area contributed by atoms with Crippen molar-refractivity contribution in [1.82, 2.24) is 24.9 Å². The SMILES string of the molecule is CC(C)=CCN(C)C(=O)OCc1c(-c2ccc(O[C@H]3CCC[C@H](C(=O)O)C3)c(C)n2)nnn1C. The highest BCUT2D eigenvalue weighted by atomic mass is 16.6. The predicted molar refractivity (Wildman–Crippen MR) is 125 cm³/mol. The summed E-state index contributed by atoms with van der Waals surface area (Å²) < 4.78 is 13.1. The van der Waals surface area contributed by atoms with Gasteiger partial charge in [-0.05, 0) is 58.6 Å². The number of hydrogen-bond donors (Lipinski definition) is 1. The monoisotopic (exact) mass is 471 g/mol. The van der Waals surface area contributed by atoms with E-state index in [0.29, 0.717) is 47.9 Å². The molecule has 1 aliphatic rings. The smallest absolute Gasteiger partial charge is 0.410 e. The van der Waals surface area contributed by atoms with E-state index in [2.05, 4.69) is 15.3 Å². The lowest BCUT2D eigenvalue weighted by Crippen LogP contribution is -2.29. The minimum Gasteiger partial charge on any atom is -0.489 e. The largest absolute Gasteiger partial charge is 0.489 e. The molecule has 0 saturated heterocycles. The highest BCUT2D eigenvalue weighted by Gasteiger charge is 2.28. The van der Waals surface area contributed by atoms with Crippen molar-refractivity contribution in [3.05, 3.63) is 35.2 Å². The highest BCUT2D eigenvalue weighted by Crippen LogP contribution is 2.30. The standard InChI is InChI=1S/C24H33N5O5/c1-15(2)11-12-28(4)24(32)33-14-20-22(26-27-29(20)5)19-9-10-21(16(3)25-19)34-18-8-6-7-17(13-18)23(30)31/h9-11,17-18H,6-8,12-14H2,1-5H3,(H,30,31)/t17-,18-/m0/s1. The number of pyridine rings is 1. The van der Waals surface area contributed by atoms with Crippen molar-refractivity contribution in [2.24, 2.45) is 13.0 Å². The Morgan fingerprint density at radius 2 is 2.06 bits per heavy atom. The Labute approximate surface area is 199 Å². The summed E-state index contributed by atoms with van der Waals surface area (Å²) in [6.45, 7) is 6.26. The fraction of sp³-hybridized carbons (Fsp3) is 0.542. The molecule has 184 valence electrons. The third kappa shape index (κ3) is 6.33. The maximum Gasteiger partial charge on any atom is 0.410 e. The van der Waals surface area contributed by atoms with E-state index < -0.39 is 12.1 Å². The number of allylic oxidation sites excluding steroid dienone is 1. The van der Waals surface area contributed by atoms with Gasteiger partial charge in [-0.2, -0.15) is 0 Å². The van der Waals surface area contributed by atoms with E-state index in [9.17, 15) is 14.7 Å². The second-order valence-corrected chi connectivity index (χ2v) is 8.95. The summed E-state index contributed by atoms with van der Waals surface area (Å²) in [5.41, 5.74) is 3.54. The minimum atomic E-state index is -0.766. The molecule has 0 unspecified atom stereocenters. The molecule has 2 atom stereocenters. The van der Waals surface area contributed by atoms with E-state index in [1.807, 2.05) is 32.9 Å². The van der Waals surface area contributed by atoms with Gasteiger partial charge in [-0.25, -0.2) is 14.5 Å². The van der Waals surface area contributed by atoms with E-state index in [1.54, 1.807) is 24.8 Å². The first-order chi connectivity index (χ1) is 16.2. The van der Waals surface area contributed by atoms with Crippen LogP contribution >= 0.6 is 0 Å². The van der Waals surface area contributed by atoms with Crippen molar-refractivity contribution in [1.29, 1.82) is 0 Å². The number of aryl methyl sites for hydroxylation is 2. The predicted octanol–water partition coefficient (Wildman–Crippen LogP) is 3.74. The van der Waals surface area contributed by atoms with E-state index in [1.165, 1.54) is 4.90 Å². The van der Waals surface area contributed by atoms with E-state index in [4.69, 9.17) is 9.47 Å². The second-order valence-electron chi connectivity index (χ2n) is 8.95. The molecule has 1 fully saturated rings. The Morgan fingerprint density at radius 1 is 1.29 bits per heavy atom. The number of carbonyl (C=O) groups excluding carboxylic acids is 1. The zero-order valence-electron chi connectivity index (χ0n) is 20.4. The molecule has 1 N–H and O–H groups in total. The molecule has 0 aromatic carbocycles. The molecule has 2 aromatic rings. The van der Waals surface area contributed by atoms with Gasteiger partial charge in [0.2, 0.25) is 0 Å². The first-order valence-corrected chi connectivity index (χ1v) is 11.4. The maximum atomic E-state index is 12.3. The average Bonchev–Trinajstić information content (AvgIpc) is 3.17. The molecule has 10 heteroatoms. The van der Waals surface area contributed by atoms with Gasteiger partial charge in [0.25, 0.3) is 0 Å². The number of carboxylic acids is 1. The van der Waals surface area contributed by atoms with Crippen LogP contribution in [0.3, 0.4) is 0 Å². The Kier molecular flexibility index (Phi) is 8.25. The van der Waals surface area contributed by atoms with Crippen molar-refractivity contribution >= 4 is 12.1 Å². The number of ether oxygens (including phenoxy) is 2. The molecular weight excluding hydrogens is 438 g/mol. The Bertz CT molecular complexity index is 1060. The van der Waals surface area contributed by atoms with E-state index in [0.717, 1.165) is 18.4 Å². The van der Waals surface area contributed by atoms with E-state index in [-0.39, 0.29) is 18.6 Å². The van der Waals surface area contributed by atoms with Crippen LogP contribution in [0.2, 0.25) is 0 Å². The zero-order chi connectivity index (χ0) is 24.8. The van der Waals surface area contributed by atoms with Gasteiger partial charge in [0.1, 0.15) is 23.7 Å². The number of aliphatic carboxylic acids is 1. The number of carboxylic acid groups (broad SMARTS) is 1. The van der Waals surface area contributed by atoms with Crippen LogP contribution in [0.4, 0.5) is 4.79 Å². The van der Waals surface area contributed by atoms with Gasteiger partial charge in [0.05, 0.1) is 23.4 Å². The molecule has 3 rings (SSSR count). The van der Waals surface area contributed by atoms with Gasteiger partial charge in [0, 0.05) is 20.6 Å². The molecule has 34 heavy (non-hydrogen) atoms. The second kappa shape index (κ2) is 11.1. The van der Waals surface area contributed by atoms with Crippen LogP contribution < -0.4 is 4.74 Å². The van der Waals surface area contributed by atoms with Gasteiger partial charge in [0.15, 0.2) is 0 Å². The lowest BCUT2D eigenvalue weighted by atomic mass is 9.87. The third-order valence-corrected chi connectivity index (χ3v) is 5.91. The van der Waals surface area contributed by atoms with Crippen molar-refractivity contribution < 1.29 is 24.2 Å². The number of hydrogen-bond acceptors (Lipinski definition) is 7. The van der Waals surface area contributed by atoms with Crippen LogP contribution in [0.5, 0.6) is 5.75 Å². The van der Waals surface area contributed by atoms with Crippen LogP contribution in [0.1, 0.15) is 50.9 Å². The van der Waals surface area contributed by atoms with Crippen LogP contribution in [0.25, 0.3) is 11.4 Å². The van der Waals surface area contributed by atoms with Crippen molar-refractivity contribution in [3.8, 4) is 17.1 Å². The Morgan fingerprint density at radius 3 is 2.74 bits per heavy atom. The normalized spacial score (nSPS) is 17.7. The molecule has 10 nitrogen and oxygen atoms in total. The average molecular weight is 472 g/mol. The molecule has 1 saturated carbocycles. The number of nitrogens with zero attached hydrogens (tertiary/aromatic N) is 5. The molecule has 2 heterocycles. The molecule has 0 bridgehead atoms. The lowest BCUT2D eigenvalue weighted by Gasteiger charge is -2.27. The molecule has 1 aliphatic carbocycles. The van der Waals surface area contributed by atoms with Gasteiger partial charge < -0.3 is 19.5 Å². The molecule has 0 spiro atoms. The minimum absolute atomic E-state index is 0.00839. The number of amides is 1. The van der Waals surface area contributed by atoms with Gasteiger partial charge >= 0.3 is 12.1 Å². The maximum absolute atomic E-state index is 12.3. The van der Waals surface area contributed by atoms with Crippen LogP contribution in [-0.2, 0) is 23.2 Å². The van der Waals surface area contributed by atoms with Crippen LogP contribution in [0, 0.1) is 12.8 Å². The van der Waals surface area contributed by atoms with E-state index >= 15 is 0 Å². The van der Waals surface area contributed by atoms with Gasteiger partial charge in [-0.15, -0.1) is 5.10 Å². The summed E-state index contributed by atoms with van der Waals surface area (Å²) in [4.78, 5) is 29.8. The van der Waals surface area contributed by atoms with Gasteiger partial charge in [-0.3, -0.25) is 4.79 Å². The summed E-state index contributed by atoms with van der Waals surface area (Å²) in [5.74, 6) is -0.507. The highest BCUT2D eigenvalue weighted by molar-refractivity contribution is 5.70. The zero-order valence-corrected chi connectivity index (χ0v) is 20.4.